The van der Waals surface area contributed by atoms with E-state index in [-0.39, 0.29) is 6.04 Å². The van der Waals surface area contributed by atoms with Crippen LogP contribution in [-0.4, -0.2) is 6.10 Å². The van der Waals surface area contributed by atoms with Crippen LogP contribution in [0.5, 0.6) is 5.75 Å². The molecular formula is C16H25NO. The van der Waals surface area contributed by atoms with Gasteiger partial charge in [-0.1, -0.05) is 38.0 Å². The number of rotatable bonds is 4. The molecule has 0 bridgehead atoms. The molecule has 0 radical (unpaired) electrons. The fourth-order valence-electron chi connectivity index (χ4n) is 2.86. The fraction of sp³-hybridized carbons (Fsp3) is 0.625. The summed E-state index contributed by atoms with van der Waals surface area (Å²) in [6.07, 6.45) is 6.69. The summed E-state index contributed by atoms with van der Waals surface area (Å²) in [7, 11) is 0. The van der Waals surface area contributed by atoms with Gasteiger partial charge in [-0.2, -0.15) is 0 Å². The summed E-state index contributed by atoms with van der Waals surface area (Å²) in [6.45, 7) is 4.29. The van der Waals surface area contributed by atoms with E-state index in [2.05, 4.69) is 13.0 Å². The number of nitrogens with two attached hydrogens (primary N) is 1. The van der Waals surface area contributed by atoms with Gasteiger partial charge in [0.05, 0.1) is 6.10 Å². The summed E-state index contributed by atoms with van der Waals surface area (Å²) in [4.78, 5) is 0. The summed E-state index contributed by atoms with van der Waals surface area (Å²) in [5.41, 5.74) is 7.11. The van der Waals surface area contributed by atoms with E-state index < -0.39 is 0 Å². The van der Waals surface area contributed by atoms with Crippen LogP contribution in [0.2, 0.25) is 0 Å². The fourth-order valence-corrected chi connectivity index (χ4v) is 2.86. The summed E-state index contributed by atoms with van der Waals surface area (Å²) >= 11 is 0. The van der Waals surface area contributed by atoms with Gasteiger partial charge in [-0.3, -0.25) is 0 Å². The molecule has 0 spiro atoms. The van der Waals surface area contributed by atoms with Crippen LogP contribution in [0.3, 0.4) is 0 Å². The van der Waals surface area contributed by atoms with E-state index in [0.717, 1.165) is 17.2 Å². The molecule has 0 aromatic heterocycles. The maximum Gasteiger partial charge on any atom is 0.124 e. The molecule has 1 aromatic carbocycles. The smallest absolute Gasteiger partial charge is 0.124 e. The third-order valence-electron chi connectivity index (χ3n) is 4.02. The molecule has 2 rings (SSSR count). The van der Waals surface area contributed by atoms with Crippen LogP contribution < -0.4 is 10.5 Å². The summed E-state index contributed by atoms with van der Waals surface area (Å²) in [5, 5.41) is 0. The molecule has 2 nitrogen and oxygen atoms in total. The number of benzene rings is 1. The molecule has 2 heteroatoms. The molecule has 1 saturated carbocycles. The van der Waals surface area contributed by atoms with Crippen molar-refractivity contribution in [1.29, 1.82) is 0 Å². The molecule has 1 aromatic rings. The van der Waals surface area contributed by atoms with E-state index in [1.54, 1.807) is 0 Å². The molecular weight excluding hydrogens is 222 g/mol. The highest BCUT2D eigenvalue weighted by Gasteiger charge is 2.23. The summed E-state index contributed by atoms with van der Waals surface area (Å²) in [5.74, 6) is 1.82. The lowest BCUT2D eigenvalue weighted by Gasteiger charge is -2.30. The number of ether oxygens (including phenoxy) is 1. The van der Waals surface area contributed by atoms with E-state index >= 15 is 0 Å². The maximum absolute atomic E-state index is 6.20. The van der Waals surface area contributed by atoms with Gasteiger partial charge in [0.25, 0.3) is 0 Å². The molecule has 0 heterocycles. The summed E-state index contributed by atoms with van der Waals surface area (Å²) < 4.78 is 6.20. The molecule has 0 amide bonds. The van der Waals surface area contributed by atoms with Crippen molar-refractivity contribution in [3.8, 4) is 5.75 Å². The normalized spacial score (nSPS) is 25.7. The Morgan fingerprint density at radius 1 is 1.33 bits per heavy atom. The number of hydrogen-bond donors (Lipinski definition) is 1. The second-order valence-corrected chi connectivity index (χ2v) is 5.51. The quantitative estimate of drug-likeness (QED) is 0.871. The number of hydrogen-bond acceptors (Lipinski definition) is 2. The highest BCUT2D eigenvalue weighted by atomic mass is 16.5. The second kappa shape index (κ2) is 6.24. The first-order valence-electron chi connectivity index (χ1n) is 7.21. The molecule has 2 unspecified atom stereocenters. The SMILES string of the molecule is CCC1CCCC(Oc2ccccc2[C@@H](C)N)C1. The molecule has 0 saturated heterocycles. The van der Waals surface area contributed by atoms with E-state index in [4.69, 9.17) is 10.5 Å². The van der Waals surface area contributed by atoms with Crippen LogP contribution in [0, 0.1) is 5.92 Å². The molecule has 0 aliphatic heterocycles. The van der Waals surface area contributed by atoms with Crippen molar-refractivity contribution in [3.63, 3.8) is 0 Å². The van der Waals surface area contributed by atoms with Gasteiger partial charge in [0, 0.05) is 11.6 Å². The van der Waals surface area contributed by atoms with E-state index in [1.165, 1.54) is 32.1 Å². The third kappa shape index (κ3) is 3.26. The zero-order valence-corrected chi connectivity index (χ0v) is 11.6. The maximum atomic E-state index is 6.20. The largest absolute Gasteiger partial charge is 0.490 e. The molecule has 1 fully saturated rings. The van der Waals surface area contributed by atoms with Crippen LogP contribution in [-0.2, 0) is 0 Å². The van der Waals surface area contributed by atoms with E-state index in [0.29, 0.717) is 6.10 Å². The number of para-hydroxylation sites is 1. The molecule has 100 valence electrons. The Kier molecular flexibility index (Phi) is 4.65. The van der Waals surface area contributed by atoms with Gasteiger partial charge in [0.1, 0.15) is 5.75 Å². The van der Waals surface area contributed by atoms with Gasteiger partial charge in [0.15, 0.2) is 0 Å². The molecule has 1 aliphatic carbocycles. The van der Waals surface area contributed by atoms with Gasteiger partial charge >= 0.3 is 0 Å². The van der Waals surface area contributed by atoms with Crippen molar-refractivity contribution >= 4 is 0 Å². The third-order valence-corrected chi connectivity index (χ3v) is 4.02. The van der Waals surface area contributed by atoms with Crippen molar-refractivity contribution in [1.82, 2.24) is 0 Å². The van der Waals surface area contributed by atoms with Crippen LogP contribution in [0.4, 0.5) is 0 Å². The van der Waals surface area contributed by atoms with Crippen molar-refractivity contribution in [2.24, 2.45) is 11.7 Å². The Hall–Kier alpha value is -1.02. The van der Waals surface area contributed by atoms with Crippen LogP contribution in [0.15, 0.2) is 24.3 Å². The zero-order chi connectivity index (χ0) is 13.0. The highest BCUT2D eigenvalue weighted by molar-refractivity contribution is 5.35. The predicted octanol–water partition coefficient (Wildman–Crippen LogP) is 4.05. The first kappa shape index (κ1) is 13.4. The molecule has 18 heavy (non-hydrogen) atoms. The van der Waals surface area contributed by atoms with Gasteiger partial charge in [-0.05, 0) is 38.2 Å². The van der Waals surface area contributed by atoms with E-state index in [9.17, 15) is 0 Å². The topological polar surface area (TPSA) is 35.2 Å². The Balaban J connectivity index is 2.04. The van der Waals surface area contributed by atoms with Crippen LogP contribution >= 0.6 is 0 Å². The minimum Gasteiger partial charge on any atom is -0.490 e. The lowest BCUT2D eigenvalue weighted by molar-refractivity contribution is 0.120. The van der Waals surface area contributed by atoms with Crippen molar-refractivity contribution in [2.75, 3.05) is 0 Å². The minimum absolute atomic E-state index is 0.0340. The van der Waals surface area contributed by atoms with Crippen molar-refractivity contribution in [2.45, 2.75) is 58.1 Å². The van der Waals surface area contributed by atoms with Crippen LogP contribution in [0.1, 0.15) is 57.6 Å². The first-order chi connectivity index (χ1) is 8.70. The molecule has 1 aliphatic rings. The Labute approximate surface area is 111 Å². The first-order valence-corrected chi connectivity index (χ1v) is 7.21. The van der Waals surface area contributed by atoms with E-state index in [1.807, 2.05) is 25.1 Å². The monoisotopic (exact) mass is 247 g/mol. The second-order valence-electron chi connectivity index (χ2n) is 5.51. The lowest BCUT2D eigenvalue weighted by Crippen LogP contribution is -2.25. The standard InChI is InChI=1S/C16H25NO/c1-3-13-7-6-8-14(11-13)18-16-10-5-4-9-15(16)12(2)17/h4-5,9-10,12-14H,3,6-8,11,17H2,1-2H3/t12-,13?,14?/m1/s1. The van der Waals surface area contributed by atoms with Gasteiger partial charge < -0.3 is 10.5 Å². The predicted molar refractivity (Wildman–Crippen MR) is 75.7 cm³/mol. The van der Waals surface area contributed by atoms with Crippen molar-refractivity contribution < 1.29 is 4.74 Å². The average molecular weight is 247 g/mol. The minimum atomic E-state index is 0.0340. The van der Waals surface area contributed by atoms with Gasteiger partial charge in [-0.15, -0.1) is 0 Å². The Bertz CT molecular complexity index is 375. The van der Waals surface area contributed by atoms with Crippen molar-refractivity contribution in [3.05, 3.63) is 29.8 Å². The average Bonchev–Trinajstić information content (AvgIpc) is 2.39. The van der Waals surface area contributed by atoms with Gasteiger partial charge in [0.2, 0.25) is 0 Å². The Morgan fingerprint density at radius 2 is 2.11 bits per heavy atom. The van der Waals surface area contributed by atoms with Crippen LogP contribution in [0.25, 0.3) is 0 Å². The highest BCUT2D eigenvalue weighted by Crippen LogP contribution is 2.31. The zero-order valence-electron chi connectivity index (χ0n) is 11.6. The Morgan fingerprint density at radius 3 is 2.83 bits per heavy atom. The molecule has 3 atom stereocenters. The molecule has 2 N–H and O–H groups in total. The van der Waals surface area contributed by atoms with Gasteiger partial charge in [-0.25, -0.2) is 0 Å². The summed E-state index contributed by atoms with van der Waals surface area (Å²) in [6, 6.07) is 8.21. The lowest BCUT2D eigenvalue weighted by atomic mass is 9.85.